The molecule has 2 aromatic carbocycles. The first kappa shape index (κ1) is 27.5. The number of carbonyl (C=O) groups is 2. The summed E-state index contributed by atoms with van der Waals surface area (Å²) in [4.78, 5) is 34.1. The first-order valence-electron chi connectivity index (χ1n) is 13.4. The molecule has 1 unspecified atom stereocenters. The fourth-order valence-corrected chi connectivity index (χ4v) is 5.65. The molecule has 2 saturated heterocycles. The van der Waals surface area contributed by atoms with Crippen LogP contribution in [0.1, 0.15) is 63.2 Å². The molecule has 1 aromatic heterocycles. The molecule has 210 valence electrons. The number of hydrogen-bond donors (Lipinski definition) is 5. The predicted octanol–water partition coefficient (Wildman–Crippen LogP) is 2.51. The van der Waals surface area contributed by atoms with Crippen LogP contribution in [0.25, 0.3) is 0 Å². The molecule has 40 heavy (non-hydrogen) atoms. The molecular weight excluding hydrogens is 513 g/mol. The van der Waals surface area contributed by atoms with Crippen molar-refractivity contribution in [1.29, 1.82) is 0 Å². The van der Waals surface area contributed by atoms with Crippen LogP contribution in [-0.2, 0) is 0 Å². The molecule has 0 bridgehead atoms. The molecule has 2 aliphatic rings. The van der Waals surface area contributed by atoms with E-state index in [1.807, 2.05) is 12.1 Å². The number of anilines is 1. The van der Waals surface area contributed by atoms with Crippen molar-refractivity contribution in [1.82, 2.24) is 25.9 Å². The zero-order chi connectivity index (χ0) is 28.1. The minimum absolute atomic E-state index is 0.0870. The van der Waals surface area contributed by atoms with Crippen LogP contribution >= 0.6 is 0 Å². The van der Waals surface area contributed by atoms with Crippen molar-refractivity contribution in [2.75, 3.05) is 38.6 Å². The van der Waals surface area contributed by atoms with Crippen LogP contribution in [0.3, 0.4) is 0 Å². The lowest BCUT2D eigenvalue weighted by Gasteiger charge is -2.43. The van der Waals surface area contributed by atoms with E-state index in [2.05, 4.69) is 31.2 Å². The van der Waals surface area contributed by atoms with Gasteiger partial charge in [0.15, 0.2) is 0 Å². The van der Waals surface area contributed by atoms with E-state index >= 15 is 4.39 Å². The number of nitrogens with zero attached hydrogens (tertiary/aromatic N) is 2. The third-order valence-corrected chi connectivity index (χ3v) is 7.63. The molecule has 2 amide bonds. The zero-order valence-corrected chi connectivity index (χ0v) is 22.4. The van der Waals surface area contributed by atoms with Gasteiger partial charge >= 0.3 is 0 Å². The molecule has 2 fully saturated rings. The minimum atomic E-state index is -1.05. The van der Waals surface area contributed by atoms with E-state index < -0.39 is 11.6 Å². The van der Waals surface area contributed by atoms with Crippen molar-refractivity contribution in [2.24, 2.45) is 5.73 Å². The average Bonchev–Trinajstić information content (AvgIpc) is 2.97. The number of nitrogens with one attached hydrogen (secondary N) is 4. The molecule has 10 nitrogen and oxygen atoms in total. The summed E-state index contributed by atoms with van der Waals surface area (Å²) in [6.45, 7) is 2.57. The molecule has 6 N–H and O–H groups in total. The van der Waals surface area contributed by atoms with E-state index in [1.54, 1.807) is 31.4 Å². The van der Waals surface area contributed by atoms with E-state index in [0.29, 0.717) is 47.8 Å². The Hall–Kier alpha value is -4.09. The maximum absolute atomic E-state index is 15.4. The zero-order valence-electron chi connectivity index (χ0n) is 22.4. The third kappa shape index (κ3) is 6.05. The van der Waals surface area contributed by atoms with Gasteiger partial charge in [-0.05, 0) is 80.2 Å². The van der Waals surface area contributed by atoms with E-state index in [1.165, 1.54) is 18.5 Å². The standard InChI is InChI=1S/C29H34FN7O3/c1-40-22-5-2-19(3-6-22)28(39)37-29(15-20(16-33-17-29)25-26(27(31)38)35-13-12-34-25)36-21-4-7-23(24(30)14-21)18-8-10-32-11-9-18/h2-7,12-14,18,20,32-33,36H,8-11,15-17H2,1H3,(H2,31,38)(H,37,39)/t20?,29-/m1/s1. The Labute approximate surface area is 232 Å². The van der Waals surface area contributed by atoms with Crippen LogP contribution in [0.2, 0.25) is 0 Å². The lowest BCUT2D eigenvalue weighted by Crippen LogP contribution is -2.64. The number of nitrogens with two attached hydrogens (primary N) is 1. The Bertz CT molecular complexity index is 1360. The summed E-state index contributed by atoms with van der Waals surface area (Å²) in [5, 5.41) is 13.2. The SMILES string of the molecule is COc1ccc(C(=O)N[C@@]2(Nc3ccc(C4CCNCC4)c(F)c3)CNCC(c3nccnc3C(N)=O)C2)cc1. The largest absolute Gasteiger partial charge is 0.497 e. The van der Waals surface area contributed by atoms with Gasteiger partial charge in [0, 0.05) is 42.7 Å². The first-order valence-corrected chi connectivity index (χ1v) is 13.4. The highest BCUT2D eigenvalue weighted by molar-refractivity contribution is 5.95. The highest BCUT2D eigenvalue weighted by Crippen LogP contribution is 2.33. The van der Waals surface area contributed by atoms with Crippen molar-refractivity contribution in [3.63, 3.8) is 0 Å². The number of methoxy groups -OCH3 is 1. The molecule has 2 atom stereocenters. The normalized spacial score (nSPS) is 21.4. The number of piperidine rings is 2. The van der Waals surface area contributed by atoms with Crippen molar-refractivity contribution in [3.05, 3.63) is 83.2 Å². The van der Waals surface area contributed by atoms with Gasteiger partial charge < -0.3 is 31.7 Å². The lowest BCUT2D eigenvalue weighted by atomic mass is 9.86. The Kier molecular flexibility index (Phi) is 8.22. The molecule has 2 aliphatic heterocycles. The topological polar surface area (TPSA) is 143 Å². The van der Waals surface area contributed by atoms with Crippen LogP contribution in [0.5, 0.6) is 5.75 Å². The Morgan fingerprint density at radius 2 is 1.80 bits per heavy atom. The second-order valence-electron chi connectivity index (χ2n) is 10.3. The van der Waals surface area contributed by atoms with Gasteiger partial charge in [-0.25, -0.2) is 9.37 Å². The van der Waals surface area contributed by atoms with E-state index in [0.717, 1.165) is 25.9 Å². The van der Waals surface area contributed by atoms with Crippen molar-refractivity contribution >= 4 is 17.5 Å². The van der Waals surface area contributed by atoms with Gasteiger partial charge in [-0.2, -0.15) is 0 Å². The van der Waals surface area contributed by atoms with Crippen LogP contribution in [-0.4, -0.2) is 60.7 Å². The second kappa shape index (κ2) is 12.0. The summed E-state index contributed by atoms with van der Waals surface area (Å²) < 4.78 is 20.6. The van der Waals surface area contributed by atoms with Gasteiger partial charge in [0.25, 0.3) is 11.8 Å². The Morgan fingerprint density at radius 1 is 1.05 bits per heavy atom. The highest BCUT2D eigenvalue weighted by atomic mass is 19.1. The smallest absolute Gasteiger partial charge is 0.269 e. The number of halogens is 1. The maximum atomic E-state index is 15.4. The van der Waals surface area contributed by atoms with E-state index in [-0.39, 0.29) is 29.3 Å². The molecule has 0 radical (unpaired) electrons. The van der Waals surface area contributed by atoms with Crippen LogP contribution in [0.4, 0.5) is 10.1 Å². The van der Waals surface area contributed by atoms with Crippen LogP contribution in [0.15, 0.2) is 54.9 Å². The molecule has 5 rings (SSSR count). The van der Waals surface area contributed by atoms with E-state index in [4.69, 9.17) is 10.5 Å². The quantitative estimate of drug-likeness (QED) is 0.271. The fourth-order valence-electron chi connectivity index (χ4n) is 5.65. The number of ether oxygens (including phenoxy) is 1. The first-order chi connectivity index (χ1) is 19.4. The second-order valence-corrected chi connectivity index (χ2v) is 10.3. The molecule has 0 saturated carbocycles. The summed E-state index contributed by atoms with van der Waals surface area (Å²) in [5.74, 6) is -0.784. The lowest BCUT2D eigenvalue weighted by molar-refractivity contribution is 0.0887. The number of carbonyl (C=O) groups excluding carboxylic acids is 2. The number of rotatable bonds is 8. The number of aromatic nitrogens is 2. The molecule has 0 spiro atoms. The van der Waals surface area contributed by atoms with Gasteiger partial charge in [0.1, 0.15) is 22.9 Å². The molecular formula is C29H34FN7O3. The van der Waals surface area contributed by atoms with Gasteiger partial charge in [-0.3, -0.25) is 14.6 Å². The van der Waals surface area contributed by atoms with Gasteiger partial charge in [0.2, 0.25) is 0 Å². The van der Waals surface area contributed by atoms with Crippen LogP contribution in [0, 0.1) is 5.82 Å². The van der Waals surface area contributed by atoms with Gasteiger partial charge in [-0.1, -0.05) is 6.07 Å². The van der Waals surface area contributed by atoms with Crippen molar-refractivity contribution in [3.8, 4) is 5.75 Å². The fraction of sp³-hybridized carbons (Fsp3) is 0.379. The number of hydrogen-bond acceptors (Lipinski definition) is 8. The monoisotopic (exact) mass is 547 g/mol. The predicted molar refractivity (Wildman–Crippen MR) is 149 cm³/mol. The van der Waals surface area contributed by atoms with Crippen LogP contribution < -0.4 is 31.7 Å². The third-order valence-electron chi connectivity index (χ3n) is 7.63. The molecule has 3 aromatic rings. The molecule has 11 heteroatoms. The summed E-state index contributed by atoms with van der Waals surface area (Å²) in [5.41, 5.74) is 6.74. The Morgan fingerprint density at radius 3 is 2.50 bits per heavy atom. The van der Waals surface area contributed by atoms with E-state index in [9.17, 15) is 9.59 Å². The molecule has 0 aliphatic carbocycles. The summed E-state index contributed by atoms with van der Waals surface area (Å²) in [7, 11) is 1.56. The number of benzene rings is 2. The summed E-state index contributed by atoms with van der Waals surface area (Å²) >= 11 is 0. The highest BCUT2D eigenvalue weighted by Gasteiger charge is 2.40. The maximum Gasteiger partial charge on any atom is 0.269 e. The summed E-state index contributed by atoms with van der Waals surface area (Å²) in [6.07, 6.45) is 5.05. The average molecular weight is 548 g/mol. The number of primary amides is 1. The molecule has 3 heterocycles. The minimum Gasteiger partial charge on any atom is -0.497 e. The number of amides is 2. The van der Waals surface area contributed by atoms with Crippen molar-refractivity contribution in [2.45, 2.75) is 36.8 Å². The van der Waals surface area contributed by atoms with Gasteiger partial charge in [0.05, 0.1) is 12.8 Å². The summed E-state index contributed by atoms with van der Waals surface area (Å²) in [6, 6.07) is 11.9. The van der Waals surface area contributed by atoms with Crippen molar-refractivity contribution < 1.29 is 18.7 Å². The Balaban J connectivity index is 1.45. The van der Waals surface area contributed by atoms with Gasteiger partial charge in [-0.15, -0.1) is 0 Å².